The molecule has 2 aromatic carbocycles. The van der Waals surface area contributed by atoms with Gasteiger partial charge in [0.05, 0.1) is 12.5 Å². The van der Waals surface area contributed by atoms with E-state index in [9.17, 15) is 9.32 Å². The maximum absolute atomic E-state index is 11.9. The number of oxime groups is 1. The van der Waals surface area contributed by atoms with Crippen molar-refractivity contribution in [2.24, 2.45) is 16.1 Å². The first-order valence-corrected chi connectivity index (χ1v) is 11.5. The number of unbranched alkanes of at least 4 members (excludes halogenated alkanes) is 3. The van der Waals surface area contributed by atoms with E-state index in [-0.39, 0.29) is 5.92 Å². The zero-order chi connectivity index (χ0) is 23.5. The first-order valence-electron chi connectivity index (χ1n) is 11.5. The molecule has 0 N–H and O–H groups in total. The van der Waals surface area contributed by atoms with Crippen LogP contribution in [0.15, 0.2) is 58.7 Å². The van der Waals surface area contributed by atoms with Crippen LogP contribution in [-0.4, -0.2) is 36.6 Å². The van der Waals surface area contributed by atoms with Crippen LogP contribution in [0.2, 0.25) is 0 Å². The van der Waals surface area contributed by atoms with E-state index >= 15 is 0 Å². The highest BCUT2D eigenvalue weighted by molar-refractivity contribution is 5.94. The van der Waals surface area contributed by atoms with Crippen LogP contribution < -0.4 is 0 Å². The van der Waals surface area contributed by atoms with Crippen molar-refractivity contribution in [3.8, 4) is 0 Å². The fourth-order valence-corrected chi connectivity index (χ4v) is 3.89. The highest BCUT2D eigenvalue weighted by Gasteiger charge is 2.34. The number of halogens is 1. The summed E-state index contributed by atoms with van der Waals surface area (Å²) in [6, 6.07) is 16.4. The van der Waals surface area contributed by atoms with Gasteiger partial charge in [0, 0.05) is 36.4 Å². The number of nitrogens with zero attached hydrogens (tertiary/aromatic N) is 3. The molecule has 0 amide bonds. The van der Waals surface area contributed by atoms with Crippen molar-refractivity contribution in [1.29, 1.82) is 0 Å². The van der Waals surface area contributed by atoms with Crippen molar-refractivity contribution in [2.45, 2.75) is 52.1 Å². The Bertz CT molecular complexity index is 923. The summed E-state index contributed by atoms with van der Waals surface area (Å²) in [4.78, 5) is 26.4. The number of rotatable bonds is 12. The average Bonchev–Trinajstić information content (AvgIpc) is 2.82. The van der Waals surface area contributed by atoms with E-state index in [1.54, 1.807) is 0 Å². The van der Waals surface area contributed by atoms with Crippen LogP contribution in [0.25, 0.3) is 0 Å². The molecule has 3 rings (SSSR count). The van der Waals surface area contributed by atoms with Gasteiger partial charge in [-0.3, -0.25) is 9.84 Å². The predicted molar refractivity (Wildman–Crippen MR) is 128 cm³/mol. The first-order chi connectivity index (χ1) is 16.1. The number of aryl methyl sites for hydroxylation is 1. The third kappa shape index (κ3) is 7.49. The molecule has 1 saturated heterocycles. The van der Waals surface area contributed by atoms with Crippen LogP contribution in [0.3, 0.4) is 0 Å². The zero-order valence-electron chi connectivity index (χ0n) is 19.2. The standard InChI is InChI=1S/C26H32FN3O3/c1-3-4-5-6-7-20-12-14-23(15-13-20)25(33-28-2)29-16-21-8-10-22(11-9-21)17-30-18-24(19-30)26(31)32-27/h8-15,24H,2-7,16-19H2,1H3. The number of benzene rings is 2. The predicted octanol–water partition coefficient (Wildman–Crippen LogP) is 5.25. The monoisotopic (exact) mass is 453 g/mol. The van der Waals surface area contributed by atoms with E-state index in [1.165, 1.54) is 31.2 Å². The summed E-state index contributed by atoms with van der Waals surface area (Å²) in [6.45, 7) is 7.84. The molecule has 2 aromatic rings. The van der Waals surface area contributed by atoms with Crippen molar-refractivity contribution in [2.75, 3.05) is 13.1 Å². The third-order valence-corrected chi connectivity index (χ3v) is 5.87. The number of carbonyl (C=O) groups is 1. The lowest BCUT2D eigenvalue weighted by Crippen LogP contribution is -2.49. The van der Waals surface area contributed by atoms with E-state index < -0.39 is 5.97 Å². The van der Waals surface area contributed by atoms with E-state index in [0.717, 1.165) is 23.1 Å². The van der Waals surface area contributed by atoms with Gasteiger partial charge in [-0.2, -0.15) is 0 Å². The summed E-state index contributed by atoms with van der Waals surface area (Å²) >= 11 is 0. The van der Waals surface area contributed by atoms with E-state index in [1.807, 2.05) is 36.4 Å². The van der Waals surface area contributed by atoms with Gasteiger partial charge >= 0.3 is 5.97 Å². The molecule has 0 bridgehead atoms. The molecule has 6 nitrogen and oxygen atoms in total. The van der Waals surface area contributed by atoms with E-state index in [2.05, 4.69) is 45.8 Å². The fraction of sp³-hybridized carbons (Fsp3) is 0.423. The average molecular weight is 454 g/mol. The summed E-state index contributed by atoms with van der Waals surface area (Å²) < 4.78 is 11.9. The lowest BCUT2D eigenvalue weighted by Gasteiger charge is -2.36. The van der Waals surface area contributed by atoms with Crippen molar-refractivity contribution in [3.63, 3.8) is 0 Å². The van der Waals surface area contributed by atoms with Gasteiger partial charge < -0.3 is 4.84 Å². The Morgan fingerprint density at radius 3 is 2.33 bits per heavy atom. The minimum absolute atomic E-state index is 0.365. The van der Waals surface area contributed by atoms with Crippen molar-refractivity contribution in [3.05, 3.63) is 70.8 Å². The quantitative estimate of drug-likeness (QED) is 0.191. The number of hydrogen-bond acceptors (Lipinski definition) is 6. The number of aliphatic imine (C=N–C) groups is 1. The largest absolute Gasteiger partial charge is 0.354 e. The second kappa shape index (κ2) is 12.8. The van der Waals surface area contributed by atoms with E-state index in [0.29, 0.717) is 32.1 Å². The molecule has 7 heteroatoms. The van der Waals surface area contributed by atoms with Crippen molar-refractivity contribution >= 4 is 18.6 Å². The van der Waals surface area contributed by atoms with Gasteiger partial charge in [-0.15, -0.1) is 0 Å². The maximum atomic E-state index is 11.9. The number of carbonyl (C=O) groups excluding carboxylic acids is 1. The van der Waals surface area contributed by atoms with Crippen LogP contribution in [0, 0.1) is 5.92 Å². The molecule has 0 unspecified atom stereocenters. The van der Waals surface area contributed by atoms with Crippen LogP contribution in [-0.2, 0) is 34.1 Å². The van der Waals surface area contributed by atoms with Gasteiger partial charge in [0.1, 0.15) is 0 Å². The summed E-state index contributed by atoms with van der Waals surface area (Å²) in [6.07, 6.45) is 6.07. The smallest absolute Gasteiger partial charge is 0.337 e. The minimum Gasteiger partial charge on any atom is -0.337 e. The zero-order valence-corrected chi connectivity index (χ0v) is 19.2. The van der Waals surface area contributed by atoms with Gasteiger partial charge in [0.15, 0.2) is 0 Å². The van der Waals surface area contributed by atoms with Crippen LogP contribution in [0.5, 0.6) is 0 Å². The molecule has 33 heavy (non-hydrogen) atoms. The minimum atomic E-state index is -0.784. The summed E-state index contributed by atoms with van der Waals surface area (Å²) in [5.41, 5.74) is 4.34. The Kier molecular flexibility index (Phi) is 9.57. The Hall–Kier alpha value is -3.06. The second-order valence-electron chi connectivity index (χ2n) is 8.45. The molecule has 0 aliphatic carbocycles. The van der Waals surface area contributed by atoms with Gasteiger partial charge in [-0.1, -0.05) is 67.7 Å². The van der Waals surface area contributed by atoms with Gasteiger partial charge in [-0.05, 0) is 41.7 Å². The van der Waals surface area contributed by atoms with Gasteiger partial charge in [-0.25, -0.2) is 9.79 Å². The highest BCUT2D eigenvalue weighted by atomic mass is 19.3. The number of hydrogen-bond donors (Lipinski definition) is 0. The molecule has 1 heterocycles. The number of likely N-dealkylation sites (tertiary alicyclic amines) is 1. The molecule has 1 aliphatic heterocycles. The summed E-state index contributed by atoms with van der Waals surface area (Å²) in [7, 11) is 0. The SMILES string of the molecule is C=NOC(=NCc1ccc(CN2CC(C(=O)OF)C2)cc1)c1ccc(CCCCCC)cc1. The van der Waals surface area contributed by atoms with Crippen molar-refractivity contribution < 1.29 is 19.1 Å². The lowest BCUT2D eigenvalue weighted by atomic mass is 9.99. The van der Waals surface area contributed by atoms with Crippen LogP contribution in [0.4, 0.5) is 4.53 Å². The molecule has 0 spiro atoms. The summed E-state index contributed by atoms with van der Waals surface area (Å²) in [5.74, 6) is -0.707. The Morgan fingerprint density at radius 2 is 1.70 bits per heavy atom. The van der Waals surface area contributed by atoms with Gasteiger partial charge in [0.2, 0.25) is 0 Å². The van der Waals surface area contributed by atoms with Crippen molar-refractivity contribution in [1.82, 2.24) is 4.90 Å². The van der Waals surface area contributed by atoms with Crippen LogP contribution in [0.1, 0.15) is 54.9 Å². The molecular formula is C26H32FN3O3. The maximum Gasteiger partial charge on any atom is 0.354 e. The molecular weight excluding hydrogens is 421 g/mol. The Balaban J connectivity index is 1.53. The van der Waals surface area contributed by atoms with Gasteiger partial charge in [0.25, 0.3) is 5.90 Å². The summed E-state index contributed by atoms with van der Waals surface area (Å²) in [5, 5.41) is 3.56. The molecule has 1 fully saturated rings. The molecule has 176 valence electrons. The lowest BCUT2D eigenvalue weighted by molar-refractivity contribution is -0.194. The molecule has 0 aromatic heterocycles. The third-order valence-electron chi connectivity index (χ3n) is 5.87. The molecule has 0 radical (unpaired) electrons. The topological polar surface area (TPSA) is 63.5 Å². The van der Waals surface area contributed by atoms with Crippen LogP contribution >= 0.6 is 0 Å². The normalized spacial score (nSPS) is 14.5. The molecule has 0 atom stereocenters. The fourth-order valence-electron chi connectivity index (χ4n) is 3.89. The highest BCUT2D eigenvalue weighted by Crippen LogP contribution is 2.20. The van der Waals surface area contributed by atoms with E-state index in [4.69, 9.17) is 4.84 Å². The second-order valence-corrected chi connectivity index (χ2v) is 8.45. The Morgan fingerprint density at radius 1 is 1.03 bits per heavy atom. The molecule has 0 saturated carbocycles. The Labute approximate surface area is 195 Å². The molecule has 1 aliphatic rings. The first kappa shape index (κ1) is 24.6.